The molecule has 3 fully saturated rings. The van der Waals surface area contributed by atoms with E-state index in [2.05, 4.69) is 4.74 Å². The lowest BCUT2D eigenvalue weighted by Crippen LogP contribution is -2.49. The molecule has 230 valence electrons. The maximum atomic E-state index is 13.8. The molecule has 2 atom stereocenters. The number of carbonyl (C=O) groups is 2. The van der Waals surface area contributed by atoms with Crippen molar-refractivity contribution < 1.29 is 49.1 Å². The van der Waals surface area contributed by atoms with Crippen molar-refractivity contribution in [1.82, 2.24) is 4.90 Å². The molecule has 0 aromatic heterocycles. The Bertz CT molecular complexity index is 1620. The molecule has 0 spiro atoms. The summed E-state index contributed by atoms with van der Waals surface area (Å²) in [5, 5.41) is 8.00. The van der Waals surface area contributed by atoms with Crippen LogP contribution in [0.1, 0.15) is 44.1 Å². The number of rotatable bonds is 8. The lowest BCUT2D eigenvalue weighted by atomic mass is 9.95. The highest BCUT2D eigenvalue weighted by Gasteiger charge is 2.70. The van der Waals surface area contributed by atoms with Crippen LogP contribution in [0, 0.1) is 29.1 Å². The van der Waals surface area contributed by atoms with Crippen LogP contribution in [0.2, 0.25) is 0 Å². The number of ether oxygens (including phenoxy) is 1. The highest BCUT2D eigenvalue weighted by atomic mass is 32.2. The van der Waals surface area contributed by atoms with Gasteiger partial charge >= 0.3 is 12.5 Å². The maximum Gasteiger partial charge on any atom is 0.573 e. The van der Waals surface area contributed by atoms with Crippen molar-refractivity contribution in [3.63, 3.8) is 0 Å². The standard InChI is InChI=1S/C29H26F6N2O5S/c1-17-12-18(20-4-2-3-5-23(20)42-29(33,34)35)6-7-24(17)43(40,41)19-13-21(22(38)14-26(16-36)8-9-26)37(15-19)25(39)27(10-11-27)28(30,31)32/h2-7,12,19,21H,8-11,13-15H2,1H3/t19-,21+/m1/s1. The topological polar surface area (TPSA) is 105 Å². The summed E-state index contributed by atoms with van der Waals surface area (Å²) < 4.78 is 112. The third-order valence-electron chi connectivity index (χ3n) is 8.54. The Morgan fingerprint density at radius 1 is 1.05 bits per heavy atom. The van der Waals surface area contributed by atoms with Crippen LogP contribution in [-0.2, 0) is 19.4 Å². The van der Waals surface area contributed by atoms with Crippen LogP contribution in [0.4, 0.5) is 26.3 Å². The second kappa shape index (κ2) is 10.2. The van der Waals surface area contributed by atoms with E-state index in [0.29, 0.717) is 12.8 Å². The van der Waals surface area contributed by atoms with Gasteiger partial charge in [-0.05, 0) is 62.3 Å². The Morgan fingerprint density at radius 2 is 1.70 bits per heavy atom. The number of ketones is 1. The molecule has 1 saturated heterocycles. The summed E-state index contributed by atoms with van der Waals surface area (Å²) in [6.45, 7) is 0.773. The molecule has 2 saturated carbocycles. The molecule has 0 bridgehead atoms. The zero-order valence-corrected chi connectivity index (χ0v) is 23.6. The van der Waals surface area contributed by atoms with Gasteiger partial charge in [0.15, 0.2) is 15.6 Å². The summed E-state index contributed by atoms with van der Waals surface area (Å²) in [4.78, 5) is 27.0. The van der Waals surface area contributed by atoms with Gasteiger partial charge in [-0.2, -0.15) is 18.4 Å². The van der Waals surface area contributed by atoms with Crippen LogP contribution < -0.4 is 4.74 Å². The van der Waals surface area contributed by atoms with E-state index >= 15 is 0 Å². The third-order valence-corrected chi connectivity index (χ3v) is 10.8. The van der Waals surface area contributed by atoms with E-state index in [1.807, 2.05) is 6.07 Å². The molecular weight excluding hydrogens is 602 g/mol. The van der Waals surface area contributed by atoms with Crippen LogP contribution >= 0.6 is 0 Å². The van der Waals surface area contributed by atoms with Crippen LogP contribution in [0.3, 0.4) is 0 Å². The van der Waals surface area contributed by atoms with Crippen molar-refractivity contribution in [3.05, 3.63) is 48.0 Å². The molecule has 2 aliphatic carbocycles. The average molecular weight is 629 g/mol. The first-order valence-corrected chi connectivity index (χ1v) is 15.0. The number of benzene rings is 2. The molecule has 5 rings (SSSR count). The zero-order chi connectivity index (χ0) is 31.6. The number of nitriles is 1. The number of nitrogens with zero attached hydrogens (tertiary/aromatic N) is 2. The van der Waals surface area contributed by atoms with Crippen LogP contribution in [0.5, 0.6) is 5.75 Å². The third kappa shape index (κ3) is 5.71. The first kappa shape index (κ1) is 30.8. The van der Waals surface area contributed by atoms with Gasteiger partial charge in [-0.1, -0.05) is 30.3 Å². The van der Waals surface area contributed by atoms with E-state index in [0.717, 1.165) is 11.0 Å². The zero-order valence-electron chi connectivity index (χ0n) is 22.8. The van der Waals surface area contributed by atoms with Gasteiger partial charge in [-0.15, -0.1) is 13.2 Å². The molecule has 0 radical (unpaired) electrons. The van der Waals surface area contributed by atoms with Gasteiger partial charge in [0.25, 0.3) is 0 Å². The smallest absolute Gasteiger partial charge is 0.405 e. The number of alkyl halides is 6. The minimum atomic E-state index is -4.97. The number of hydrogen-bond donors (Lipinski definition) is 0. The largest absolute Gasteiger partial charge is 0.573 e. The Kier molecular flexibility index (Phi) is 7.35. The summed E-state index contributed by atoms with van der Waals surface area (Å²) >= 11 is 0. The Hall–Kier alpha value is -3.60. The molecular formula is C29H26F6N2O5S. The summed E-state index contributed by atoms with van der Waals surface area (Å²) in [5.74, 6) is -2.50. The number of carbonyl (C=O) groups excluding carboxylic acids is 2. The van der Waals surface area contributed by atoms with Crippen LogP contribution in [0.25, 0.3) is 11.1 Å². The minimum Gasteiger partial charge on any atom is -0.405 e. The first-order chi connectivity index (χ1) is 19.9. The quantitative estimate of drug-likeness (QED) is 0.337. The normalized spacial score (nSPS) is 22.5. The van der Waals surface area contributed by atoms with Gasteiger partial charge in [0, 0.05) is 18.5 Å². The number of para-hydroxylation sites is 1. The van der Waals surface area contributed by atoms with E-state index in [9.17, 15) is 49.6 Å². The van der Waals surface area contributed by atoms with Gasteiger partial charge in [-0.3, -0.25) is 9.59 Å². The fourth-order valence-electron chi connectivity index (χ4n) is 5.74. The van der Waals surface area contributed by atoms with E-state index < -0.39 is 87.7 Å². The molecule has 3 aliphatic rings. The SMILES string of the molecule is Cc1cc(-c2ccccc2OC(F)(F)F)ccc1S(=O)(=O)[C@@H]1C[C@@H](C(=O)CC2(C#N)CC2)N(C(=O)C2(C(F)(F)F)CC2)C1. The van der Waals surface area contributed by atoms with Gasteiger partial charge in [0.1, 0.15) is 11.2 Å². The van der Waals surface area contributed by atoms with Crippen molar-refractivity contribution in [2.24, 2.45) is 10.8 Å². The summed E-state index contributed by atoms with van der Waals surface area (Å²) in [7, 11) is -4.34. The van der Waals surface area contributed by atoms with Crippen molar-refractivity contribution >= 4 is 21.5 Å². The average Bonchev–Trinajstić information content (AvgIpc) is 3.83. The lowest BCUT2D eigenvalue weighted by molar-refractivity contribution is -0.274. The number of amides is 1. The van der Waals surface area contributed by atoms with Gasteiger partial charge in [-0.25, -0.2) is 8.42 Å². The fourth-order valence-corrected chi connectivity index (χ4v) is 7.65. The van der Waals surface area contributed by atoms with E-state index in [1.165, 1.54) is 43.3 Å². The molecule has 2 aromatic rings. The number of likely N-dealkylation sites (tertiary alicyclic amines) is 1. The lowest BCUT2D eigenvalue weighted by Gasteiger charge is -2.29. The highest BCUT2D eigenvalue weighted by molar-refractivity contribution is 7.92. The van der Waals surface area contributed by atoms with Crippen molar-refractivity contribution in [2.75, 3.05) is 6.54 Å². The minimum absolute atomic E-state index is 0.0450. The molecule has 1 aliphatic heterocycles. The Morgan fingerprint density at radius 3 is 2.23 bits per heavy atom. The number of Topliss-reactive ketones (excluding diaryl/α,β-unsaturated/α-hetero) is 1. The van der Waals surface area contributed by atoms with E-state index in [-0.39, 0.29) is 28.0 Å². The molecule has 0 N–H and O–H groups in total. The monoisotopic (exact) mass is 628 g/mol. The summed E-state index contributed by atoms with van der Waals surface area (Å²) in [6, 6.07) is 9.69. The second-order valence-corrected chi connectivity index (χ2v) is 13.7. The second-order valence-electron chi connectivity index (χ2n) is 11.5. The van der Waals surface area contributed by atoms with E-state index in [4.69, 9.17) is 0 Å². The van der Waals surface area contributed by atoms with Crippen molar-refractivity contribution in [3.8, 4) is 22.9 Å². The van der Waals surface area contributed by atoms with Gasteiger partial charge in [0.05, 0.1) is 27.7 Å². The molecule has 14 heteroatoms. The fraction of sp³-hybridized carbons (Fsp3) is 0.483. The molecule has 1 amide bonds. The van der Waals surface area contributed by atoms with Gasteiger partial charge in [0.2, 0.25) is 5.91 Å². The Balaban J connectivity index is 1.45. The number of halogens is 6. The number of sulfone groups is 1. The molecule has 2 aromatic carbocycles. The van der Waals surface area contributed by atoms with Crippen LogP contribution in [-0.4, -0.2) is 55.4 Å². The van der Waals surface area contributed by atoms with Gasteiger partial charge < -0.3 is 9.64 Å². The molecule has 7 nitrogen and oxygen atoms in total. The Labute approximate surface area is 243 Å². The first-order valence-electron chi connectivity index (χ1n) is 13.4. The summed E-state index contributed by atoms with van der Waals surface area (Å²) in [6.07, 6.45) is -10.7. The predicted molar refractivity (Wildman–Crippen MR) is 139 cm³/mol. The van der Waals surface area contributed by atoms with Crippen molar-refractivity contribution in [1.29, 1.82) is 5.26 Å². The molecule has 1 heterocycles. The molecule has 43 heavy (non-hydrogen) atoms. The molecule has 0 unspecified atom stereocenters. The predicted octanol–water partition coefficient (Wildman–Crippen LogP) is 5.91. The highest BCUT2D eigenvalue weighted by Crippen LogP contribution is 2.59. The number of aryl methyl sites for hydroxylation is 1. The summed E-state index contributed by atoms with van der Waals surface area (Å²) in [5.41, 5.74) is -3.21. The van der Waals surface area contributed by atoms with Crippen LogP contribution in [0.15, 0.2) is 47.4 Å². The van der Waals surface area contributed by atoms with Crippen molar-refractivity contribution in [2.45, 2.75) is 74.2 Å². The number of hydrogen-bond acceptors (Lipinski definition) is 6. The maximum absolute atomic E-state index is 13.8. The van der Waals surface area contributed by atoms with E-state index in [1.54, 1.807) is 0 Å².